The lowest BCUT2D eigenvalue weighted by atomic mass is 10.1. The fourth-order valence-corrected chi connectivity index (χ4v) is 4.27. The van der Waals surface area contributed by atoms with Crippen molar-refractivity contribution in [2.45, 2.75) is 57.4 Å². The van der Waals surface area contributed by atoms with Gasteiger partial charge in [-0.25, -0.2) is 18.7 Å². The first-order valence-corrected chi connectivity index (χ1v) is 11.6. The zero-order valence-corrected chi connectivity index (χ0v) is 19.4. The van der Waals surface area contributed by atoms with Gasteiger partial charge in [-0.3, -0.25) is 9.59 Å². The Kier molecular flexibility index (Phi) is 8.26. The molecule has 2 fully saturated rings. The SMILES string of the molecule is CC1CCCN1C(=O)c1nc(C(N)=O)sc1-c1cnc(NCC(F)(F)F)cc1C(F)F.OC1CC1. The second kappa shape index (κ2) is 10.8. The average Bonchev–Trinajstić information content (AvgIpc) is 3.25. The highest BCUT2D eigenvalue weighted by molar-refractivity contribution is 7.17. The largest absolute Gasteiger partial charge is 0.405 e. The van der Waals surface area contributed by atoms with Crippen molar-refractivity contribution in [1.82, 2.24) is 14.9 Å². The molecule has 2 aromatic heterocycles. The Morgan fingerprint density at radius 2 is 1.97 bits per heavy atom. The van der Waals surface area contributed by atoms with Crippen LogP contribution in [0, 0.1) is 0 Å². The highest BCUT2D eigenvalue weighted by atomic mass is 32.1. The van der Waals surface area contributed by atoms with E-state index in [0.717, 1.165) is 37.9 Å². The first-order valence-electron chi connectivity index (χ1n) is 10.8. The number of amides is 2. The molecule has 0 spiro atoms. The summed E-state index contributed by atoms with van der Waals surface area (Å²) in [5, 5.41) is 9.86. The van der Waals surface area contributed by atoms with Crippen molar-refractivity contribution in [3.05, 3.63) is 28.5 Å². The molecule has 2 amide bonds. The van der Waals surface area contributed by atoms with E-state index >= 15 is 0 Å². The van der Waals surface area contributed by atoms with Gasteiger partial charge in [-0.15, -0.1) is 11.3 Å². The number of nitrogens with one attached hydrogen (secondary N) is 1. The second-order valence-corrected chi connectivity index (χ2v) is 9.21. The molecule has 4 N–H and O–H groups in total. The number of rotatable bonds is 6. The number of likely N-dealkylation sites (tertiary alicyclic amines) is 1. The molecule has 1 saturated heterocycles. The third-order valence-corrected chi connectivity index (χ3v) is 6.39. The van der Waals surface area contributed by atoms with Crippen molar-refractivity contribution >= 4 is 29.0 Å². The number of anilines is 1. The van der Waals surface area contributed by atoms with Gasteiger partial charge in [0, 0.05) is 29.9 Å². The van der Waals surface area contributed by atoms with E-state index in [1.165, 1.54) is 4.90 Å². The van der Waals surface area contributed by atoms with Crippen molar-refractivity contribution in [3.8, 4) is 10.4 Å². The van der Waals surface area contributed by atoms with Gasteiger partial charge < -0.3 is 21.1 Å². The first-order chi connectivity index (χ1) is 16.4. The summed E-state index contributed by atoms with van der Waals surface area (Å²) in [5.74, 6) is -1.88. The third kappa shape index (κ3) is 7.07. The molecule has 0 radical (unpaired) electrons. The van der Waals surface area contributed by atoms with Gasteiger partial charge in [0.25, 0.3) is 18.2 Å². The van der Waals surface area contributed by atoms with E-state index in [4.69, 9.17) is 10.8 Å². The van der Waals surface area contributed by atoms with Crippen LogP contribution in [0.5, 0.6) is 0 Å². The smallest absolute Gasteiger partial charge is 0.393 e. The van der Waals surface area contributed by atoms with Gasteiger partial charge in [-0.05, 0) is 38.7 Å². The number of hydrogen-bond acceptors (Lipinski definition) is 7. The van der Waals surface area contributed by atoms with Gasteiger partial charge in [0.1, 0.15) is 18.1 Å². The number of halogens is 5. The Hall–Kier alpha value is -2.87. The Labute approximate surface area is 201 Å². The summed E-state index contributed by atoms with van der Waals surface area (Å²) >= 11 is 0.657. The molecule has 1 unspecified atom stereocenters. The van der Waals surface area contributed by atoms with E-state index in [9.17, 15) is 31.5 Å². The lowest BCUT2D eigenvalue weighted by Crippen LogP contribution is -2.34. The highest BCUT2D eigenvalue weighted by Gasteiger charge is 2.33. The van der Waals surface area contributed by atoms with E-state index in [-0.39, 0.29) is 33.3 Å². The molecule has 1 atom stereocenters. The monoisotopic (exact) mass is 521 g/mol. The Morgan fingerprint density at radius 3 is 2.46 bits per heavy atom. The zero-order valence-electron chi connectivity index (χ0n) is 18.6. The van der Waals surface area contributed by atoms with Crippen LogP contribution < -0.4 is 11.1 Å². The summed E-state index contributed by atoms with van der Waals surface area (Å²) in [5.41, 5.74) is 4.19. The lowest BCUT2D eigenvalue weighted by molar-refractivity contribution is -0.115. The topological polar surface area (TPSA) is 121 Å². The molecular formula is C21H24F5N5O3S. The van der Waals surface area contributed by atoms with E-state index in [1.54, 1.807) is 0 Å². The number of hydrogen-bond donors (Lipinski definition) is 3. The maximum absolute atomic E-state index is 13.7. The molecule has 192 valence electrons. The number of nitrogens with two attached hydrogens (primary N) is 1. The van der Waals surface area contributed by atoms with Crippen LogP contribution in [0.1, 0.15) is 64.9 Å². The normalized spacial score (nSPS) is 17.8. The molecule has 1 aliphatic heterocycles. The number of alkyl halides is 5. The Bertz CT molecular complexity index is 1070. The van der Waals surface area contributed by atoms with Gasteiger partial charge in [-0.2, -0.15) is 13.2 Å². The van der Waals surface area contributed by atoms with Crippen molar-refractivity contribution in [2.75, 3.05) is 18.4 Å². The van der Waals surface area contributed by atoms with Gasteiger partial charge in [0.2, 0.25) is 0 Å². The molecule has 1 saturated carbocycles. The third-order valence-electron chi connectivity index (χ3n) is 5.29. The Morgan fingerprint density at radius 1 is 1.31 bits per heavy atom. The highest BCUT2D eigenvalue weighted by Crippen LogP contribution is 2.38. The number of carbonyl (C=O) groups is 2. The predicted molar refractivity (Wildman–Crippen MR) is 118 cm³/mol. The number of aliphatic hydroxyl groups is 1. The van der Waals surface area contributed by atoms with Gasteiger partial charge >= 0.3 is 6.18 Å². The molecule has 2 aliphatic rings. The maximum atomic E-state index is 13.7. The van der Waals surface area contributed by atoms with Gasteiger partial charge in [0.15, 0.2) is 5.01 Å². The van der Waals surface area contributed by atoms with E-state index < -0.39 is 42.3 Å². The fourth-order valence-electron chi connectivity index (χ4n) is 3.33. The van der Waals surface area contributed by atoms with Crippen molar-refractivity contribution in [2.24, 2.45) is 5.73 Å². The van der Waals surface area contributed by atoms with Crippen molar-refractivity contribution in [1.29, 1.82) is 0 Å². The van der Waals surface area contributed by atoms with E-state index in [1.807, 2.05) is 12.2 Å². The predicted octanol–water partition coefficient (Wildman–Crippen LogP) is 3.98. The van der Waals surface area contributed by atoms with Gasteiger partial charge in [-0.1, -0.05) is 0 Å². The van der Waals surface area contributed by atoms with E-state index in [2.05, 4.69) is 9.97 Å². The molecule has 0 aromatic carbocycles. The van der Waals surface area contributed by atoms with E-state index in [0.29, 0.717) is 17.9 Å². The minimum Gasteiger partial charge on any atom is -0.393 e. The number of primary amides is 1. The number of nitrogens with zero attached hydrogens (tertiary/aromatic N) is 3. The first kappa shape index (κ1) is 26.7. The van der Waals surface area contributed by atoms with Crippen molar-refractivity contribution in [3.63, 3.8) is 0 Å². The molecule has 4 rings (SSSR count). The molecule has 35 heavy (non-hydrogen) atoms. The minimum atomic E-state index is -4.56. The molecule has 14 heteroatoms. The lowest BCUT2D eigenvalue weighted by Gasteiger charge is -2.21. The molecule has 2 aromatic rings. The summed E-state index contributed by atoms with van der Waals surface area (Å²) in [4.78, 5) is 33.9. The average molecular weight is 522 g/mol. The number of aromatic nitrogens is 2. The van der Waals surface area contributed by atoms with Crippen LogP contribution in [0.3, 0.4) is 0 Å². The Balaban J connectivity index is 0.000000775. The van der Waals surface area contributed by atoms with Gasteiger partial charge in [0.05, 0.1) is 11.0 Å². The summed E-state index contributed by atoms with van der Waals surface area (Å²) in [7, 11) is 0. The fraction of sp³-hybridized carbons (Fsp3) is 0.524. The van der Waals surface area contributed by atoms with Crippen LogP contribution in [0.2, 0.25) is 0 Å². The van der Waals surface area contributed by atoms with Crippen LogP contribution >= 0.6 is 11.3 Å². The standard InChI is InChI=1S/C18H18F5N5O2S.C3H6O/c1-8-3-2-4-28(8)17(30)12-13(31-16(27-12)15(24)29)10-6-25-11(5-9(10)14(19)20)26-7-18(21,22)23;4-3-1-2-3/h5-6,8,14H,2-4,7H2,1H3,(H2,24,29)(H,25,26);3-4H,1-2H2. The molecule has 3 heterocycles. The number of carbonyl (C=O) groups excluding carboxylic acids is 2. The summed E-state index contributed by atoms with van der Waals surface area (Å²) in [6, 6.07) is 0.683. The zero-order chi connectivity index (χ0) is 25.9. The quantitative estimate of drug-likeness (QED) is 0.495. The minimum absolute atomic E-state index is 0.0388. The maximum Gasteiger partial charge on any atom is 0.405 e. The van der Waals surface area contributed by atoms with Crippen LogP contribution in [0.25, 0.3) is 10.4 Å². The van der Waals surface area contributed by atoms with Crippen LogP contribution in [0.4, 0.5) is 27.8 Å². The number of thiazole rings is 1. The molecular weight excluding hydrogens is 497 g/mol. The summed E-state index contributed by atoms with van der Waals surface area (Å²) < 4.78 is 64.7. The van der Waals surface area contributed by atoms with Crippen molar-refractivity contribution < 1.29 is 36.6 Å². The molecule has 8 nitrogen and oxygen atoms in total. The summed E-state index contributed by atoms with van der Waals surface area (Å²) in [6.45, 7) is 0.827. The molecule has 1 aliphatic carbocycles. The number of pyridine rings is 1. The number of aliphatic hydroxyl groups excluding tert-OH is 1. The van der Waals surface area contributed by atoms with Crippen LogP contribution in [0.15, 0.2) is 12.3 Å². The van der Waals surface area contributed by atoms with Crippen LogP contribution in [-0.4, -0.2) is 63.2 Å². The summed E-state index contributed by atoms with van der Waals surface area (Å²) in [6.07, 6.45) is -3.03. The van der Waals surface area contributed by atoms with Crippen LogP contribution in [-0.2, 0) is 0 Å². The molecule has 0 bridgehead atoms. The second-order valence-electron chi connectivity index (χ2n) is 8.21.